The zero-order valence-electron chi connectivity index (χ0n) is 6.69. The summed E-state index contributed by atoms with van der Waals surface area (Å²) in [5.41, 5.74) is 5.58. The Hall–Kier alpha value is -0.290. The second-order valence-electron chi connectivity index (χ2n) is 3.20. The summed E-state index contributed by atoms with van der Waals surface area (Å²) in [5, 5.41) is 2.42. The van der Waals surface area contributed by atoms with E-state index < -0.39 is 12.7 Å². The predicted molar refractivity (Wildman–Crippen MR) is 39.7 cm³/mol. The fourth-order valence-corrected chi connectivity index (χ4v) is 1.49. The maximum atomic E-state index is 11.7. The van der Waals surface area contributed by atoms with E-state index in [0.29, 0.717) is 0 Å². The van der Waals surface area contributed by atoms with Gasteiger partial charge < -0.3 is 11.1 Å². The minimum absolute atomic E-state index is 0.104. The molecule has 1 saturated carbocycles. The number of alkyl halides is 3. The summed E-state index contributed by atoms with van der Waals surface area (Å²) in [4.78, 5) is 0. The van der Waals surface area contributed by atoms with Crippen LogP contribution in [0.15, 0.2) is 0 Å². The lowest BCUT2D eigenvalue weighted by Gasteiger charge is -2.18. The van der Waals surface area contributed by atoms with E-state index in [1.165, 1.54) is 0 Å². The lowest BCUT2D eigenvalue weighted by Crippen LogP contribution is -2.44. The molecule has 1 aliphatic rings. The molecule has 1 fully saturated rings. The van der Waals surface area contributed by atoms with Crippen LogP contribution < -0.4 is 11.1 Å². The quantitative estimate of drug-likeness (QED) is 0.669. The molecule has 0 unspecified atom stereocenters. The Labute approximate surface area is 69.3 Å². The van der Waals surface area contributed by atoms with Crippen molar-refractivity contribution in [2.45, 2.75) is 37.5 Å². The average molecular weight is 182 g/mol. The summed E-state index contributed by atoms with van der Waals surface area (Å²) in [6.07, 6.45) is -1.61. The van der Waals surface area contributed by atoms with Gasteiger partial charge in [-0.25, -0.2) is 0 Å². The van der Waals surface area contributed by atoms with Gasteiger partial charge in [0.05, 0.1) is 6.54 Å². The van der Waals surface area contributed by atoms with Crippen LogP contribution in [0.1, 0.15) is 19.3 Å². The molecule has 0 spiro atoms. The predicted octanol–water partition coefficient (Wildman–Crippen LogP) is 1.02. The van der Waals surface area contributed by atoms with Crippen LogP contribution >= 0.6 is 0 Å². The van der Waals surface area contributed by atoms with Gasteiger partial charge in [0.25, 0.3) is 0 Å². The van der Waals surface area contributed by atoms with Crippen LogP contribution in [-0.2, 0) is 0 Å². The van der Waals surface area contributed by atoms with E-state index in [4.69, 9.17) is 5.73 Å². The van der Waals surface area contributed by atoms with Crippen LogP contribution in [0.3, 0.4) is 0 Å². The van der Waals surface area contributed by atoms with Crippen molar-refractivity contribution in [1.29, 1.82) is 0 Å². The highest BCUT2D eigenvalue weighted by molar-refractivity contribution is 4.86. The van der Waals surface area contributed by atoms with Gasteiger partial charge in [0, 0.05) is 12.1 Å². The zero-order valence-corrected chi connectivity index (χ0v) is 6.69. The van der Waals surface area contributed by atoms with Crippen molar-refractivity contribution in [2.75, 3.05) is 6.54 Å². The van der Waals surface area contributed by atoms with E-state index in [9.17, 15) is 13.2 Å². The molecule has 12 heavy (non-hydrogen) atoms. The van der Waals surface area contributed by atoms with Crippen LogP contribution in [0.25, 0.3) is 0 Å². The number of hydrogen-bond donors (Lipinski definition) is 2. The van der Waals surface area contributed by atoms with Crippen LogP contribution in [0.5, 0.6) is 0 Å². The molecule has 2 nitrogen and oxygen atoms in total. The molecule has 0 saturated heterocycles. The Kier molecular flexibility index (Phi) is 2.95. The highest BCUT2D eigenvalue weighted by Gasteiger charge is 2.31. The Morgan fingerprint density at radius 2 is 2.00 bits per heavy atom. The smallest absolute Gasteiger partial charge is 0.326 e. The summed E-state index contributed by atoms with van der Waals surface area (Å²) in [7, 11) is 0. The largest absolute Gasteiger partial charge is 0.401 e. The van der Waals surface area contributed by atoms with Gasteiger partial charge in [-0.05, 0) is 12.8 Å². The molecule has 0 bridgehead atoms. The van der Waals surface area contributed by atoms with Gasteiger partial charge in [0.1, 0.15) is 0 Å². The summed E-state index contributed by atoms with van der Waals surface area (Å²) in [5.74, 6) is 0. The minimum atomic E-state index is -4.12. The molecule has 72 valence electrons. The topological polar surface area (TPSA) is 38.0 Å². The third kappa shape index (κ3) is 2.98. The maximum absolute atomic E-state index is 11.7. The summed E-state index contributed by atoms with van der Waals surface area (Å²) >= 11 is 0. The number of rotatable bonds is 2. The van der Waals surface area contributed by atoms with E-state index in [2.05, 4.69) is 5.32 Å². The summed E-state index contributed by atoms with van der Waals surface area (Å²) in [6.45, 7) is -0.925. The molecule has 0 aromatic carbocycles. The first-order valence-corrected chi connectivity index (χ1v) is 4.05. The van der Waals surface area contributed by atoms with Crippen molar-refractivity contribution in [3.8, 4) is 0 Å². The molecular formula is C7H13F3N2. The molecule has 1 aliphatic carbocycles. The Morgan fingerprint density at radius 3 is 2.42 bits per heavy atom. The van der Waals surface area contributed by atoms with Gasteiger partial charge in [0.2, 0.25) is 0 Å². The van der Waals surface area contributed by atoms with Crippen LogP contribution in [-0.4, -0.2) is 24.8 Å². The molecule has 2 atom stereocenters. The molecule has 3 N–H and O–H groups in total. The van der Waals surface area contributed by atoms with Crippen LogP contribution in [0.4, 0.5) is 13.2 Å². The SMILES string of the molecule is N[C@H]1CCC[C@H]1NCC(F)(F)F. The highest BCUT2D eigenvalue weighted by atomic mass is 19.4. The molecule has 0 aromatic heterocycles. The van der Waals surface area contributed by atoms with Crippen molar-refractivity contribution in [2.24, 2.45) is 5.73 Å². The molecule has 0 radical (unpaired) electrons. The Bertz CT molecular complexity index is 146. The number of nitrogens with two attached hydrogens (primary N) is 1. The third-order valence-electron chi connectivity index (χ3n) is 2.13. The fraction of sp³-hybridized carbons (Fsp3) is 1.00. The zero-order chi connectivity index (χ0) is 9.19. The van der Waals surface area contributed by atoms with Gasteiger partial charge in [-0.2, -0.15) is 13.2 Å². The van der Waals surface area contributed by atoms with Gasteiger partial charge in [-0.3, -0.25) is 0 Å². The molecule has 5 heteroatoms. The van der Waals surface area contributed by atoms with E-state index in [1.807, 2.05) is 0 Å². The van der Waals surface area contributed by atoms with E-state index in [-0.39, 0.29) is 12.1 Å². The van der Waals surface area contributed by atoms with Crippen LogP contribution in [0, 0.1) is 0 Å². The molecule has 0 heterocycles. The van der Waals surface area contributed by atoms with E-state index in [0.717, 1.165) is 19.3 Å². The molecule has 0 aliphatic heterocycles. The number of nitrogens with one attached hydrogen (secondary N) is 1. The third-order valence-corrected chi connectivity index (χ3v) is 2.13. The minimum Gasteiger partial charge on any atom is -0.326 e. The second kappa shape index (κ2) is 3.62. The van der Waals surface area contributed by atoms with E-state index in [1.54, 1.807) is 0 Å². The maximum Gasteiger partial charge on any atom is 0.401 e. The number of halogens is 3. The molecule has 0 aromatic rings. The fourth-order valence-electron chi connectivity index (χ4n) is 1.49. The molecule has 0 amide bonds. The van der Waals surface area contributed by atoms with Crippen LogP contribution in [0.2, 0.25) is 0 Å². The summed E-state index contributed by atoms with van der Waals surface area (Å²) in [6, 6.07) is -0.251. The first-order chi connectivity index (χ1) is 5.49. The normalized spacial score (nSPS) is 31.0. The van der Waals surface area contributed by atoms with Crippen molar-refractivity contribution < 1.29 is 13.2 Å². The van der Waals surface area contributed by atoms with Gasteiger partial charge in [0.15, 0.2) is 0 Å². The first kappa shape index (κ1) is 9.80. The monoisotopic (exact) mass is 182 g/mol. The second-order valence-corrected chi connectivity index (χ2v) is 3.20. The van der Waals surface area contributed by atoms with Crippen molar-refractivity contribution in [1.82, 2.24) is 5.32 Å². The van der Waals surface area contributed by atoms with Crippen molar-refractivity contribution >= 4 is 0 Å². The van der Waals surface area contributed by atoms with Gasteiger partial charge in [-0.15, -0.1) is 0 Å². The van der Waals surface area contributed by atoms with Gasteiger partial charge >= 0.3 is 6.18 Å². The Balaban J connectivity index is 2.23. The van der Waals surface area contributed by atoms with Gasteiger partial charge in [-0.1, -0.05) is 6.42 Å². The first-order valence-electron chi connectivity index (χ1n) is 4.05. The number of hydrogen-bond acceptors (Lipinski definition) is 2. The molecule has 1 rings (SSSR count). The van der Waals surface area contributed by atoms with E-state index >= 15 is 0 Å². The van der Waals surface area contributed by atoms with Crippen molar-refractivity contribution in [3.63, 3.8) is 0 Å². The lowest BCUT2D eigenvalue weighted by molar-refractivity contribution is -0.126. The lowest BCUT2D eigenvalue weighted by atomic mass is 10.2. The standard InChI is InChI=1S/C7H13F3N2/c8-7(9,10)4-12-6-3-1-2-5(6)11/h5-6,12H,1-4,11H2/t5-,6+/m0/s1. The summed E-state index contributed by atoms with van der Waals surface area (Å²) < 4.78 is 35.2. The highest BCUT2D eigenvalue weighted by Crippen LogP contribution is 2.19. The Morgan fingerprint density at radius 1 is 1.33 bits per heavy atom. The average Bonchev–Trinajstić information content (AvgIpc) is 2.29. The van der Waals surface area contributed by atoms with Crippen molar-refractivity contribution in [3.05, 3.63) is 0 Å². The molecular weight excluding hydrogens is 169 g/mol.